The van der Waals surface area contributed by atoms with Gasteiger partial charge >= 0.3 is 0 Å². The summed E-state index contributed by atoms with van der Waals surface area (Å²) in [4.78, 5) is 6.97. The first-order valence-corrected chi connectivity index (χ1v) is 8.53. The van der Waals surface area contributed by atoms with Crippen LogP contribution in [0.15, 0.2) is 52.9 Å². The van der Waals surface area contributed by atoms with Crippen LogP contribution in [0.1, 0.15) is 17.4 Å². The number of nitrogens with one attached hydrogen (secondary N) is 1. The second-order valence-corrected chi connectivity index (χ2v) is 5.96. The minimum atomic E-state index is 0. The van der Waals surface area contributed by atoms with Crippen LogP contribution >= 0.6 is 24.0 Å². The third kappa shape index (κ3) is 5.60. The number of morpholine rings is 1. The minimum Gasteiger partial charge on any atom is -0.469 e. The number of guanidine groups is 1. The third-order valence-corrected chi connectivity index (χ3v) is 4.07. The van der Waals surface area contributed by atoms with Crippen molar-refractivity contribution in [2.75, 3.05) is 32.8 Å². The van der Waals surface area contributed by atoms with Crippen LogP contribution in [0.25, 0.3) is 0 Å². The van der Waals surface area contributed by atoms with E-state index in [1.807, 2.05) is 37.7 Å². The Hall–Kier alpha value is -1.81. The Morgan fingerprint density at radius 1 is 1.54 bits per heavy atom. The van der Waals surface area contributed by atoms with Crippen LogP contribution in [0.4, 0.5) is 0 Å². The molecule has 1 aliphatic rings. The number of aromatic nitrogens is 2. The first-order chi connectivity index (χ1) is 12.3. The van der Waals surface area contributed by atoms with E-state index in [1.54, 1.807) is 10.9 Å². The molecule has 0 spiro atoms. The number of furan rings is 1. The summed E-state index contributed by atoms with van der Waals surface area (Å²) in [5, 5.41) is 7.59. The van der Waals surface area contributed by atoms with Crippen molar-refractivity contribution < 1.29 is 9.15 Å². The van der Waals surface area contributed by atoms with Gasteiger partial charge in [0.1, 0.15) is 11.9 Å². The van der Waals surface area contributed by atoms with E-state index in [2.05, 4.69) is 21.9 Å². The molecule has 0 bridgehead atoms. The number of halogens is 1. The molecule has 142 valence electrons. The fourth-order valence-corrected chi connectivity index (χ4v) is 2.81. The minimum absolute atomic E-state index is 0. The SMILES string of the molecule is C=CCNC(=NCCc1ccco1)N1CCOC(c2cnn(C)c2)C1.I. The van der Waals surface area contributed by atoms with Crippen LogP contribution in [-0.2, 0) is 18.2 Å². The van der Waals surface area contributed by atoms with Gasteiger partial charge in [0, 0.05) is 44.9 Å². The largest absolute Gasteiger partial charge is 0.469 e. The van der Waals surface area contributed by atoms with Gasteiger partial charge in [-0.05, 0) is 12.1 Å². The molecular formula is C18H26IN5O2. The van der Waals surface area contributed by atoms with Crippen LogP contribution in [0.5, 0.6) is 0 Å². The monoisotopic (exact) mass is 471 g/mol. The second kappa shape index (κ2) is 10.4. The van der Waals surface area contributed by atoms with Crippen LogP contribution in [-0.4, -0.2) is 53.4 Å². The molecule has 0 amide bonds. The van der Waals surface area contributed by atoms with Gasteiger partial charge in [0.05, 0.1) is 25.6 Å². The van der Waals surface area contributed by atoms with Gasteiger partial charge in [-0.15, -0.1) is 30.6 Å². The van der Waals surface area contributed by atoms with Crippen LogP contribution in [0, 0.1) is 0 Å². The van der Waals surface area contributed by atoms with E-state index in [4.69, 9.17) is 14.1 Å². The van der Waals surface area contributed by atoms with Gasteiger partial charge in [0.2, 0.25) is 0 Å². The van der Waals surface area contributed by atoms with Crippen molar-refractivity contribution in [1.82, 2.24) is 20.0 Å². The molecule has 7 nitrogen and oxygen atoms in total. The predicted molar refractivity (Wildman–Crippen MR) is 112 cm³/mol. The van der Waals surface area contributed by atoms with Gasteiger partial charge in [-0.25, -0.2) is 0 Å². The Kier molecular flexibility index (Phi) is 8.17. The average molecular weight is 471 g/mol. The van der Waals surface area contributed by atoms with E-state index < -0.39 is 0 Å². The summed E-state index contributed by atoms with van der Waals surface area (Å²) in [6.07, 6.45) is 8.17. The number of rotatable bonds is 6. The topological polar surface area (TPSA) is 67.8 Å². The number of nitrogens with zero attached hydrogens (tertiary/aromatic N) is 4. The molecule has 26 heavy (non-hydrogen) atoms. The zero-order valence-electron chi connectivity index (χ0n) is 15.0. The highest BCUT2D eigenvalue weighted by atomic mass is 127. The summed E-state index contributed by atoms with van der Waals surface area (Å²) in [6, 6.07) is 3.87. The molecule has 3 rings (SSSR count). The molecule has 1 fully saturated rings. The van der Waals surface area contributed by atoms with E-state index in [9.17, 15) is 0 Å². The fraction of sp³-hybridized carbons (Fsp3) is 0.444. The molecule has 0 saturated carbocycles. The Bertz CT molecular complexity index is 698. The molecule has 8 heteroatoms. The highest BCUT2D eigenvalue weighted by Crippen LogP contribution is 2.21. The molecule has 1 N–H and O–H groups in total. The number of hydrogen-bond donors (Lipinski definition) is 1. The molecule has 1 saturated heterocycles. The van der Waals surface area contributed by atoms with E-state index in [0.717, 1.165) is 36.8 Å². The molecule has 2 aromatic rings. The normalized spacial score (nSPS) is 17.7. The summed E-state index contributed by atoms with van der Waals surface area (Å²) >= 11 is 0. The van der Waals surface area contributed by atoms with Crippen molar-refractivity contribution in [3.63, 3.8) is 0 Å². The van der Waals surface area contributed by atoms with Crippen molar-refractivity contribution in [2.24, 2.45) is 12.0 Å². The maximum Gasteiger partial charge on any atom is 0.194 e. The quantitative estimate of drug-likeness (QED) is 0.303. The molecule has 1 atom stereocenters. The van der Waals surface area contributed by atoms with E-state index in [-0.39, 0.29) is 30.1 Å². The zero-order chi connectivity index (χ0) is 17.5. The van der Waals surface area contributed by atoms with Gasteiger partial charge in [-0.1, -0.05) is 6.08 Å². The van der Waals surface area contributed by atoms with Crippen molar-refractivity contribution in [2.45, 2.75) is 12.5 Å². The molecule has 0 aromatic carbocycles. The number of aryl methyl sites for hydroxylation is 1. The summed E-state index contributed by atoms with van der Waals surface area (Å²) in [5.74, 6) is 1.82. The van der Waals surface area contributed by atoms with Crippen molar-refractivity contribution in [3.8, 4) is 0 Å². The Morgan fingerprint density at radius 3 is 3.12 bits per heavy atom. The lowest BCUT2D eigenvalue weighted by Crippen LogP contribution is -2.48. The Morgan fingerprint density at radius 2 is 2.42 bits per heavy atom. The summed E-state index contributed by atoms with van der Waals surface area (Å²) in [6.45, 7) is 7.33. The molecule has 0 aliphatic carbocycles. The predicted octanol–water partition coefficient (Wildman–Crippen LogP) is 2.38. The second-order valence-electron chi connectivity index (χ2n) is 5.96. The average Bonchev–Trinajstić information content (AvgIpc) is 3.30. The summed E-state index contributed by atoms with van der Waals surface area (Å²) in [5.41, 5.74) is 1.09. The van der Waals surface area contributed by atoms with Crippen LogP contribution in [0.3, 0.4) is 0 Å². The van der Waals surface area contributed by atoms with Crippen LogP contribution in [0.2, 0.25) is 0 Å². The van der Waals surface area contributed by atoms with Gasteiger partial charge in [-0.2, -0.15) is 5.10 Å². The fourth-order valence-electron chi connectivity index (χ4n) is 2.81. The van der Waals surface area contributed by atoms with E-state index in [0.29, 0.717) is 19.7 Å². The third-order valence-electron chi connectivity index (χ3n) is 4.07. The zero-order valence-corrected chi connectivity index (χ0v) is 17.3. The lowest BCUT2D eigenvalue weighted by Gasteiger charge is -2.34. The van der Waals surface area contributed by atoms with Gasteiger partial charge in [-0.3, -0.25) is 9.67 Å². The van der Waals surface area contributed by atoms with Crippen molar-refractivity contribution in [3.05, 3.63) is 54.8 Å². The van der Waals surface area contributed by atoms with Gasteiger partial charge in [0.25, 0.3) is 0 Å². The standard InChI is InChI=1S/C18H25N5O2.HI/c1-3-7-19-18(20-8-6-16-5-4-10-24-16)23-9-11-25-17(14-23)15-12-21-22(2)13-15;/h3-5,10,12-13,17H,1,6-9,11,14H2,2H3,(H,19,20);1H. The van der Waals surface area contributed by atoms with Gasteiger partial charge < -0.3 is 19.4 Å². The Balaban J connectivity index is 0.00000243. The van der Waals surface area contributed by atoms with Crippen LogP contribution < -0.4 is 5.32 Å². The smallest absolute Gasteiger partial charge is 0.194 e. The van der Waals surface area contributed by atoms with E-state index in [1.165, 1.54) is 0 Å². The number of hydrogen-bond acceptors (Lipinski definition) is 4. The first-order valence-electron chi connectivity index (χ1n) is 8.53. The molecule has 3 heterocycles. The maximum absolute atomic E-state index is 5.91. The lowest BCUT2D eigenvalue weighted by molar-refractivity contribution is -0.00800. The van der Waals surface area contributed by atoms with Crippen molar-refractivity contribution in [1.29, 1.82) is 0 Å². The molecule has 1 aliphatic heterocycles. The highest BCUT2D eigenvalue weighted by molar-refractivity contribution is 14.0. The van der Waals surface area contributed by atoms with Gasteiger partial charge in [0.15, 0.2) is 5.96 Å². The highest BCUT2D eigenvalue weighted by Gasteiger charge is 2.25. The number of aliphatic imine (C=N–C) groups is 1. The van der Waals surface area contributed by atoms with Crippen molar-refractivity contribution >= 4 is 29.9 Å². The first kappa shape index (κ1) is 20.5. The van der Waals surface area contributed by atoms with E-state index >= 15 is 0 Å². The molecule has 0 radical (unpaired) electrons. The maximum atomic E-state index is 5.91. The number of ether oxygens (including phenoxy) is 1. The molecule has 2 aromatic heterocycles. The summed E-state index contributed by atoms with van der Waals surface area (Å²) in [7, 11) is 1.91. The summed E-state index contributed by atoms with van der Waals surface area (Å²) < 4.78 is 13.1. The lowest BCUT2D eigenvalue weighted by atomic mass is 10.1. The molecular weight excluding hydrogens is 445 g/mol. The molecule has 1 unspecified atom stereocenters. The Labute approximate surface area is 171 Å².